The molecule has 2 aromatic rings. The molecule has 98 valence electrons. The van der Waals surface area contributed by atoms with Crippen LogP contribution in [0.15, 0.2) is 36.4 Å². The van der Waals surface area contributed by atoms with Crippen LogP contribution >= 0.6 is 11.6 Å². The highest BCUT2D eigenvalue weighted by molar-refractivity contribution is 6.32. The Morgan fingerprint density at radius 1 is 1.32 bits per heavy atom. The first kappa shape index (κ1) is 13.2. The number of hydrogen-bond acceptors (Lipinski definition) is 4. The fraction of sp³-hybridized carbons (Fsp3) is 0.0769. The number of aromatic hydroxyl groups is 1. The maximum absolute atomic E-state index is 11.0. The van der Waals surface area contributed by atoms with Crippen LogP contribution in [-0.2, 0) is 0 Å². The highest BCUT2D eigenvalue weighted by Crippen LogP contribution is 2.37. The topological polar surface area (TPSA) is 72.6 Å². The van der Waals surface area contributed by atoms with E-state index in [1.807, 2.05) is 0 Å². The molecule has 0 amide bonds. The van der Waals surface area contributed by atoms with Crippen molar-refractivity contribution in [1.29, 1.82) is 0 Å². The maximum Gasteiger partial charge on any atom is 0.329 e. The van der Waals surface area contributed by atoms with Gasteiger partial charge in [-0.2, -0.15) is 0 Å². The molecule has 0 bridgehead atoms. The van der Waals surface area contributed by atoms with E-state index in [-0.39, 0.29) is 22.2 Å². The normalized spacial score (nSPS) is 10.2. The summed E-state index contributed by atoms with van der Waals surface area (Å²) in [5, 5.41) is 20.4. The fourth-order valence-electron chi connectivity index (χ4n) is 1.67. The molecule has 0 saturated carbocycles. The van der Waals surface area contributed by atoms with E-state index >= 15 is 0 Å². The van der Waals surface area contributed by atoms with Crippen LogP contribution in [0.4, 0.5) is 5.69 Å². The standard InChI is InChI=1S/C13H10ClNO4/c1-8-5-9(16)7-10(6-8)19-12-4-2-3-11(14)13(12)15(17)18/h2-7,16H,1H3. The van der Waals surface area contributed by atoms with E-state index < -0.39 is 4.92 Å². The lowest BCUT2D eigenvalue weighted by Gasteiger charge is -2.08. The molecule has 0 atom stereocenters. The van der Waals surface area contributed by atoms with Gasteiger partial charge in [-0.15, -0.1) is 0 Å². The van der Waals surface area contributed by atoms with Crippen LogP contribution < -0.4 is 4.74 Å². The molecular weight excluding hydrogens is 270 g/mol. The van der Waals surface area contributed by atoms with Crippen molar-refractivity contribution in [3.05, 3.63) is 57.1 Å². The number of rotatable bonds is 3. The number of benzene rings is 2. The third-order valence-corrected chi connectivity index (χ3v) is 2.70. The second-order valence-electron chi connectivity index (χ2n) is 3.95. The summed E-state index contributed by atoms with van der Waals surface area (Å²) in [7, 11) is 0. The number of ether oxygens (including phenoxy) is 1. The van der Waals surface area contributed by atoms with Crippen LogP contribution in [0.5, 0.6) is 17.2 Å². The average Bonchev–Trinajstić information content (AvgIpc) is 2.26. The minimum Gasteiger partial charge on any atom is -0.508 e. The molecule has 0 fully saturated rings. The van der Waals surface area contributed by atoms with Crippen molar-refractivity contribution in [2.75, 3.05) is 0 Å². The molecular formula is C13H10ClNO4. The minimum atomic E-state index is -0.604. The fourth-order valence-corrected chi connectivity index (χ4v) is 1.90. The summed E-state index contributed by atoms with van der Waals surface area (Å²) in [6, 6.07) is 9.01. The molecule has 0 aliphatic heterocycles. The number of phenols is 1. The molecule has 6 heteroatoms. The van der Waals surface area contributed by atoms with Crippen molar-refractivity contribution < 1.29 is 14.8 Å². The Morgan fingerprint density at radius 3 is 2.68 bits per heavy atom. The lowest BCUT2D eigenvalue weighted by molar-refractivity contribution is -0.385. The first-order valence-electron chi connectivity index (χ1n) is 5.39. The Hall–Kier alpha value is -2.27. The zero-order valence-electron chi connectivity index (χ0n) is 9.96. The van der Waals surface area contributed by atoms with Gasteiger partial charge in [0.05, 0.1) is 4.92 Å². The van der Waals surface area contributed by atoms with Crippen molar-refractivity contribution in [3.8, 4) is 17.2 Å². The van der Waals surface area contributed by atoms with Crippen molar-refractivity contribution in [3.63, 3.8) is 0 Å². The molecule has 2 aromatic carbocycles. The van der Waals surface area contributed by atoms with Crippen LogP contribution in [0.25, 0.3) is 0 Å². The van der Waals surface area contributed by atoms with E-state index in [9.17, 15) is 15.2 Å². The van der Waals surface area contributed by atoms with Gasteiger partial charge in [0, 0.05) is 6.07 Å². The zero-order chi connectivity index (χ0) is 14.0. The molecule has 0 aliphatic rings. The van der Waals surface area contributed by atoms with Crippen LogP contribution in [0.3, 0.4) is 0 Å². The summed E-state index contributed by atoms with van der Waals surface area (Å²) in [6.45, 7) is 1.78. The molecule has 2 rings (SSSR count). The Morgan fingerprint density at radius 2 is 2.05 bits per heavy atom. The van der Waals surface area contributed by atoms with E-state index in [4.69, 9.17) is 16.3 Å². The predicted octanol–water partition coefficient (Wildman–Crippen LogP) is 4.05. The highest BCUT2D eigenvalue weighted by Gasteiger charge is 2.20. The van der Waals surface area contributed by atoms with Crippen molar-refractivity contribution in [1.82, 2.24) is 0 Å². The number of hydrogen-bond donors (Lipinski definition) is 1. The lowest BCUT2D eigenvalue weighted by atomic mass is 10.2. The summed E-state index contributed by atoms with van der Waals surface area (Å²) >= 11 is 5.78. The van der Waals surface area contributed by atoms with Gasteiger partial charge < -0.3 is 9.84 Å². The summed E-state index contributed by atoms with van der Waals surface area (Å²) in [6.07, 6.45) is 0. The van der Waals surface area contributed by atoms with E-state index in [2.05, 4.69) is 0 Å². The third-order valence-electron chi connectivity index (χ3n) is 2.40. The first-order valence-corrected chi connectivity index (χ1v) is 5.76. The van der Waals surface area contributed by atoms with Crippen LogP contribution in [0.1, 0.15) is 5.56 Å². The van der Waals surface area contributed by atoms with Gasteiger partial charge in [0.2, 0.25) is 5.75 Å². The largest absolute Gasteiger partial charge is 0.508 e. The Kier molecular flexibility index (Phi) is 3.57. The number of nitro benzene ring substituents is 1. The van der Waals surface area contributed by atoms with Gasteiger partial charge >= 0.3 is 5.69 Å². The SMILES string of the molecule is Cc1cc(O)cc(Oc2cccc(Cl)c2[N+](=O)[O-])c1. The van der Waals surface area contributed by atoms with Crippen LogP contribution in [0.2, 0.25) is 5.02 Å². The molecule has 0 saturated heterocycles. The molecule has 0 radical (unpaired) electrons. The van der Waals surface area contributed by atoms with Gasteiger partial charge in [-0.3, -0.25) is 10.1 Å². The second-order valence-corrected chi connectivity index (χ2v) is 4.36. The number of para-hydroxylation sites is 1. The number of phenolic OH excluding ortho intramolecular Hbond substituents is 1. The predicted molar refractivity (Wildman–Crippen MR) is 71.0 cm³/mol. The van der Waals surface area contributed by atoms with E-state index in [0.717, 1.165) is 5.56 Å². The Bertz CT molecular complexity index is 622. The monoisotopic (exact) mass is 279 g/mol. The average molecular weight is 280 g/mol. The zero-order valence-corrected chi connectivity index (χ0v) is 10.7. The van der Waals surface area contributed by atoms with Gasteiger partial charge in [0.25, 0.3) is 0 Å². The molecule has 0 spiro atoms. The van der Waals surface area contributed by atoms with Crippen LogP contribution in [0, 0.1) is 17.0 Å². The molecule has 0 heterocycles. The quantitative estimate of drug-likeness (QED) is 0.679. The van der Waals surface area contributed by atoms with Gasteiger partial charge in [0.1, 0.15) is 16.5 Å². The van der Waals surface area contributed by atoms with Crippen LogP contribution in [-0.4, -0.2) is 10.0 Å². The van der Waals surface area contributed by atoms with E-state index in [1.165, 1.54) is 18.2 Å². The maximum atomic E-state index is 11.0. The number of aryl methyl sites for hydroxylation is 1. The molecule has 5 nitrogen and oxygen atoms in total. The molecule has 19 heavy (non-hydrogen) atoms. The number of halogens is 1. The van der Waals surface area contributed by atoms with E-state index in [0.29, 0.717) is 5.75 Å². The van der Waals surface area contributed by atoms with Crippen molar-refractivity contribution in [2.45, 2.75) is 6.92 Å². The Labute approximate surface area is 114 Å². The van der Waals surface area contributed by atoms with Crippen molar-refractivity contribution in [2.24, 2.45) is 0 Å². The molecule has 0 unspecified atom stereocenters. The molecule has 0 aromatic heterocycles. The molecule has 1 N–H and O–H groups in total. The smallest absolute Gasteiger partial charge is 0.329 e. The second kappa shape index (κ2) is 5.16. The van der Waals surface area contributed by atoms with Gasteiger partial charge in [-0.05, 0) is 36.8 Å². The summed E-state index contributed by atoms with van der Waals surface area (Å²) in [5.41, 5.74) is 0.477. The summed E-state index contributed by atoms with van der Waals surface area (Å²) in [4.78, 5) is 10.4. The summed E-state index contributed by atoms with van der Waals surface area (Å²) in [5.74, 6) is 0.366. The van der Waals surface area contributed by atoms with E-state index in [1.54, 1.807) is 25.1 Å². The minimum absolute atomic E-state index is 0.000579. The van der Waals surface area contributed by atoms with Gasteiger partial charge in [-0.1, -0.05) is 17.7 Å². The summed E-state index contributed by atoms with van der Waals surface area (Å²) < 4.78 is 5.43. The number of nitro groups is 1. The van der Waals surface area contributed by atoms with Gasteiger partial charge in [-0.25, -0.2) is 0 Å². The molecule has 0 aliphatic carbocycles. The van der Waals surface area contributed by atoms with Gasteiger partial charge in [0.15, 0.2) is 0 Å². The Balaban J connectivity index is 2.43. The first-order chi connectivity index (χ1) is 8.97. The lowest BCUT2D eigenvalue weighted by Crippen LogP contribution is -1.94. The highest BCUT2D eigenvalue weighted by atomic mass is 35.5. The number of nitrogens with zero attached hydrogens (tertiary/aromatic N) is 1. The van der Waals surface area contributed by atoms with Crippen molar-refractivity contribution >= 4 is 17.3 Å². The third kappa shape index (κ3) is 2.95.